The molecule has 1 aliphatic rings. The summed E-state index contributed by atoms with van der Waals surface area (Å²) in [6.07, 6.45) is 1.39. The quantitative estimate of drug-likeness (QED) is 0.374. The van der Waals surface area contributed by atoms with Crippen molar-refractivity contribution in [1.29, 1.82) is 0 Å². The van der Waals surface area contributed by atoms with Crippen LogP contribution in [0.3, 0.4) is 0 Å². The summed E-state index contributed by atoms with van der Waals surface area (Å²) in [5.74, 6) is 0.760. The first-order chi connectivity index (χ1) is 11.0. The van der Waals surface area contributed by atoms with Crippen molar-refractivity contribution in [3.8, 4) is 11.5 Å². The minimum atomic E-state index is -0.498. The summed E-state index contributed by atoms with van der Waals surface area (Å²) in [6, 6.07) is 9.50. The van der Waals surface area contributed by atoms with Crippen LogP contribution in [0.1, 0.15) is 22.8 Å². The number of fused-ring (bicyclic) bond motifs is 1. The Kier molecular flexibility index (Phi) is 3.76. The second-order valence-electron chi connectivity index (χ2n) is 4.88. The molecule has 0 aromatic heterocycles. The summed E-state index contributed by atoms with van der Waals surface area (Å²) in [5.41, 5.74) is 1.37. The standard InChI is InChI=1S/C16H12N2O5/c1-10(19)11-2-4-13(5-3-11)17-8-12-6-15-16(23-9-22-15)7-14(12)18(20)21/h2-8H,9H2,1H3. The second-order valence-corrected chi connectivity index (χ2v) is 4.88. The highest BCUT2D eigenvalue weighted by molar-refractivity contribution is 5.94. The normalized spacial score (nSPS) is 12.6. The molecule has 0 saturated heterocycles. The molecule has 0 atom stereocenters. The van der Waals surface area contributed by atoms with Crippen LogP contribution >= 0.6 is 0 Å². The third kappa shape index (κ3) is 3.03. The van der Waals surface area contributed by atoms with Crippen LogP contribution in [-0.2, 0) is 0 Å². The average Bonchev–Trinajstić information content (AvgIpc) is 2.99. The van der Waals surface area contributed by atoms with E-state index in [2.05, 4.69) is 4.99 Å². The van der Waals surface area contributed by atoms with Gasteiger partial charge in [-0.1, -0.05) is 0 Å². The Morgan fingerprint density at radius 1 is 1.22 bits per heavy atom. The van der Waals surface area contributed by atoms with Crippen LogP contribution in [0.5, 0.6) is 11.5 Å². The molecule has 116 valence electrons. The van der Waals surface area contributed by atoms with E-state index >= 15 is 0 Å². The molecule has 1 aliphatic heterocycles. The van der Waals surface area contributed by atoms with Gasteiger partial charge in [0.25, 0.3) is 5.69 Å². The molecule has 0 spiro atoms. The Morgan fingerprint density at radius 3 is 2.48 bits per heavy atom. The van der Waals surface area contributed by atoms with Crippen molar-refractivity contribution in [1.82, 2.24) is 0 Å². The lowest BCUT2D eigenvalue weighted by molar-refractivity contribution is -0.385. The van der Waals surface area contributed by atoms with Crippen LogP contribution in [-0.4, -0.2) is 23.7 Å². The molecule has 1 heterocycles. The van der Waals surface area contributed by atoms with Gasteiger partial charge in [0.1, 0.15) is 0 Å². The summed E-state index contributed by atoms with van der Waals surface area (Å²) in [4.78, 5) is 26.1. The van der Waals surface area contributed by atoms with Crippen LogP contribution in [0.2, 0.25) is 0 Å². The molecule has 0 fully saturated rings. The lowest BCUT2D eigenvalue weighted by Gasteiger charge is -2.01. The fraction of sp³-hybridized carbons (Fsp3) is 0.125. The molecule has 0 saturated carbocycles. The van der Waals surface area contributed by atoms with Gasteiger partial charge in [-0.3, -0.25) is 19.9 Å². The van der Waals surface area contributed by atoms with Gasteiger partial charge in [0.2, 0.25) is 6.79 Å². The van der Waals surface area contributed by atoms with E-state index in [-0.39, 0.29) is 18.3 Å². The number of nitrogens with zero attached hydrogens (tertiary/aromatic N) is 2. The number of carbonyl (C=O) groups is 1. The molecule has 0 amide bonds. The molecule has 0 bridgehead atoms. The molecule has 2 aromatic carbocycles. The highest BCUT2D eigenvalue weighted by atomic mass is 16.7. The van der Waals surface area contributed by atoms with Gasteiger partial charge in [0, 0.05) is 11.8 Å². The molecular weight excluding hydrogens is 300 g/mol. The van der Waals surface area contributed by atoms with Crippen LogP contribution in [0.4, 0.5) is 11.4 Å². The predicted octanol–water partition coefficient (Wildman–Crippen LogP) is 3.28. The van der Waals surface area contributed by atoms with Crippen molar-refractivity contribution < 1.29 is 19.2 Å². The summed E-state index contributed by atoms with van der Waals surface area (Å²) in [5, 5.41) is 11.2. The molecule has 2 aromatic rings. The van der Waals surface area contributed by atoms with Crippen LogP contribution in [0.25, 0.3) is 0 Å². The molecule has 7 heteroatoms. The Labute approximate surface area is 131 Å². The van der Waals surface area contributed by atoms with Crippen LogP contribution in [0, 0.1) is 10.1 Å². The summed E-state index contributed by atoms with van der Waals surface area (Å²) in [6.45, 7) is 1.52. The van der Waals surface area contributed by atoms with E-state index in [9.17, 15) is 14.9 Å². The van der Waals surface area contributed by atoms with Gasteiger partial charge in [0.15, 0.2) is 17.3 Å². The summed E-state index contributed by atoms with van der Waals surface area (Å²) >= 11 is 0. The van der Waals surface area contributed by atoms with E-state index in [1.165, 1.54) is 25.3 Å². The Balaban J connectivity index is 1.92. The number of hydrogen-bond donors (Lipinski definition) is 0. The number of benzene rings is 2. The Hall–Kier alpha value is -3.22. The van der Waals surface area contributed by atoms with Crippen molar-refractivity contribution in [3.63, 3.8) is 0 Å². The SMILES string of the molecule is CC(=O)c1ccc(N=Cc2cc3c(cc2[N+](=O)[O-])OCO3)cc1. The molecule has 23 heavy (non-hydrogen) atoms. The molecule has 7 nitrogen and oxygen atoms in total. The minimum Gasteiger partial charge on any atom is -0.454 e. The molecule has 0 aliphatic carbocycles. The number of aliphatic imine (C=N–C) groups is 1. The third-order valence-corrected chi connectivity index (χ3v) is 3.35. The van der Waals surface area contributed by atoms with Crippen molar-refractivity contribution in [3.05, 3.63) is 57.6 Å². The van der Waals surface area contributed by atoms with Crippen LogP contribution < -0.4 is 9.47 Å². The maximum atomic E-state index is 11.2. The number of ketones is 1. The van der Waals surface area contributed by atoms with E-state index < -0.39 is 4.92 Å². The number of nitro groups is 1. The highest BCUT2D eigenvalue weighted by Gasteiger charge is 2.22. The smallest absolute Gasteiger partial charge is 0.282 e. The monoisotopic (exact) mass is 312 g/mol. The third-order valence-electron chi connectivity index (χ3n) is 3.35. The topological polar surface area (TPSA) is 91.0 Å². The van der Waals surface area contributed by atoms with E-state index in [0.717, 1.165) is 0 Å². The molecule has 3 rings (SSSR count). The zero-order valence-electron chi connectivity index (χ0n) is 12.2. The van der Waals surface area contributed by atoms with Crippen molar-refractivity contribution in [2.45, 2.75) is 6.92 Å². The van der Waals surface area contributed by atoms with E-state index in [1.807, 2.05) is 0 Å². The number of nitro benzene ring substituents is 1. The van der Waals surface area contributed by atoms with Crippen LogP contribution in [0.15, 0.2) is 41.4 Å². The van der Waals surface area contributed by atoms with Crippen molar-refractivity contribution >= 4 is 23.4 Å². The summed E-state index contributed by atoms with van der Waals surface area (Å²) < 4.78 is 10.4. The van der Waals surface area contributed by atoms with Crippen molar-refractivity contribution in [2.24, 2.45) is 4.99 Å². The van der Waals surface area contributed by atoms with E-state index in [0.29, 0.717) is 28.3 Å². The van der Waals surface area contributed by atoms with Gasteiger partial charge in [-0.2, -0.15) is 0 Å². The maximum Gasteiger partial charge on any atom is 0.282 e. The lowest BCUT2D eigenvalue weighted by atomic mass is 10.1. The molecule has 0 unspecified atom stereocenters. The minimum absolute atomic E-state index is 0.0352. The number of hydrogen-bond acceptors (Lipinski definition) is 6. The zero-order valence-corrected chi connectivity index (χ0v) is 12.2. The van der Waals surface area contributed by atoms with E-state index in [1.54, 1.807) is 24.3 Å². The fourth-order valence-corrected chi connectivity index (χ4v) is 2.13. The number of ether oxygens (including phenoxy) is 2. The van der Waals surface area contributed by atoms with Gasteiger partial charge in [-0.15, -0.1) is 0 Å². The van der Waals surface area contributed by atoms with Gasteiger partial charge in [0.05, 0.1) is 22.2 Å². The second kappa shape index (κ2) is 5.88. The Bertz CT molecular complexity index is 812. The highest BCUT2D eigenvalue weighted by Crippen LogP contribution is 2.37. The van der Waals surface area contributed by atoms with Gasteiger partial charge in [-0.05, 0) is 37.3 Å². The van der Waals surface area contributed by atoms with Gasteiger partial charge < -0.3 is 9.47 Å². The summed E-state index contributed by atoms with van der Waals surface area (Å²) in [7, 11) is 0. The molecular formula is C16H12N2O5. The van der Waals surface area contributed by atoms with Crippen molar-refractivity contribution in [2.75, 3.05) is 6.79 Å². The predicted molar refractivity (Wildman–Crippen MR) is 82.9 cm³/mol. The molecule has 0 radical (unpaired) electrons. The number of carbonyl (C=O) groups excluding carboxylic acids is 1. The average molecular weight is 312 g/mol. The maximum absolute atomic E-state index is 11.2. The Morgan fingerprint density at radius 2 is 1.87 bits per heavy atom. The first-order valence-electron chi connectivity index (χ1n) is 6.78. The first kappa shape index (κ1) is 14.7. The zero-order chi connectivity index (χ0) is 16.4. The van der Waals surface area contributed by atoms with Gasteiger partial charge >= 0.3 is 0 Å². The van der Waals surface area contributed by atoms with E-state index in [4.69, 9.17) is 9.47 Å². The molecule has 0 N–H and O–H groups in total. The number of Topliss-reactive ketones (excluding diaryl/α,β-unsaturated/α-hetero) is 1. The van der Waals surface area contributed by atoms with Gasteiger partial charge in [-0.25, -0.2) is 0 Å². The number of rotatable bonds is 4. The largest absolute Gasteiger partial charge is 0.454 e. The first-order valence-corrected chi connectivity index (χ1v) is 6.78. The fourth-order valence-electron chi connectivity index (χ4n) is 2.13. The lowest BCUT2D eigenvalue weighted by Crippen LogP contribution is -1.95.